The third-order valence-electron chi connectivity index (χ3n) is 3.93. The van der Waals surface area contributed by atoms with Gasteiger partial charge in [-0.2, -0.15) is 5.10 Å². The summed E-state index contributed by atoms with van der Waals surface area (Å²) in [6.45, 7) is 1.68. The Morgan fingerprint density at radius 3 is 2.41 bits per heavy atom. The van der Waals surface area contributed by atoms with Gasteiger partial charge < -0.3 is 14.4 Å². The van der Waals surface area contributed by atoms with Crippen LogP contribution in [0.15, 0.2) is 53.6 Å². The summed E-state index contributed by atoms with van der Waals surface area (Å²) in [4.78, 5) is 26.2. The molecule has 0 aliphatic carbocycles. The Morgan fingerprint density at radius 2 is 1.78 bits per heavy atom. The average Bonchev–Trinajstić information content (AvgIpc) is 2.71. The van der Waals surface area contributed by atoms with Crippen molar-refractivity contribution in [3.8, 4) is 11.5 Å². The molecule has 2 aromatic carbocycles. The third-order valence-corrected chi connectivity index (χ3v) is 3.93. The monoisotopic (exact) mass is 369 g/mol. The first-order valence-corrected chi connectivity index (χ1v) is 8.33. The molecule has 0 aliphatic rings. The molecule has 7 nitrogen and oxygen atoms in total. The summed E-state index contributed by atoms with van der Waals surface area (Å²) in [5.41, 5.74) is 4.06. The van der Waals surface area contributed by atoms with Crippen molar-refractivity contribution < 1.29 is 19.1 Å². The maximum Gasteiger partial charge on any atom is 0.275 e. The van der Waals surface area contributed by atoms with Gasteiger partial charge in [0.25, 0.3) is 5.91 Å². The number of carbonyl (C=O) groups is 2. The van der Waals surface area contributed by atoms with E-state index in [1.165, 1.54) is 14.2 Å². The second-order valence-electron chi connectivity index (χ2n) is 5.82. The van der Waals surface area contributed by atoms with Crippen LogP contribution in [0.3, 0.4) is 0 Å². The molecule has 0 atom stereocenters. The predicted octanol–water partition coefficient (Wildman–Crippen LogP) is 2.86. The highest BCUT2D eigenvalue weighted by Crippen LogP contribution is 2.24. The van der Waals surface area contributed by atoms with Crippen molar-refractivity contribution in [2.75, 3.05) is 26.2 Å². The fourth-order valence-electron chi connectivity index (χ4n) is 2.37. The van der Waals surface area contributed by atoms with Crippen LogP contribution in [0.5, 0.6) is 11.5 Å². The van der Waals surface area contributed by atoms with Crippen molar-refractivity contribution in [1.82, 2.24) is 5.43 Å². The van der Waals surface area contributed by atoms with Crippen molar-refractivity contribution in [3.05, 3.63) is 54.1 Å². The third kappa shape index (κ3) is 5.31. The second-order valence-corrected chi connectivity index (χ2v) is 5.82. The molecule has 0 spiro atoms. The van der Waals surface area contributed by atoms with Crippen molar-refractivity contribution in [2.45, 2.75) is 13.3 Å². The number of ether oxygens (including phenoxy) is 2. The largest absolute Gasteiger partial charge is 0.497 e. The van der Waals surface area contributed by atoms with Crippen LogP contribution in [0.2, 0.25) is 0 Å². The van der Waals surface area contributed by atoms with Gasteiger partial charge in [-0.1, -0.05) is 18.2 Å². The van der Waals surface area contributed by atoms with Crippen LogP contribution in [0.25, 0.3) is 0 Å². The summed E-state index contributed by atoms with van der Waals surface area (Å²) < 4.78 is 10.3. The zero-order chi connectivity index (χ0) is 19.8. The maximum atomic E-state index is 12.3. The van der Waals surface area contributed by atoms with Gasteiger partial charge in [-0.25, -0.2) is 5.43 Å². The van der Waals surface area contributed by atoms with E-state index in [1.807, 2.05) is 30.3 Å². The second kappa shape index (κ2) is 9.38. The molecule has 27 heavy (non-hydrogen) atoms. The van der Waals surface area contributed by atoms with E-state index in [4.69, 9.17) is 9.47 Å². The predicted molar refractivity (Wildman–Crippen MR) is 105 cm³/mol. The lowest BCUT2D eigenvalue weighted by atomic mass is 10.2. The van der Waals surface area contributed by atoms with Crippen LogP contribution in [-0.4, -0.2) is 38.8 Å². The number of nitrogens with one attached hydrogen (secondary N) is 1. The Morgan fingerprint density at radius 1 is 1.07 bits per heavy atom. The van der Waals surface area contributed by atoms with Crippen LogP contribution in [0.4, 0.5) is 5.69 Å². The number of para-hydroxylation sites is 1. The Labute approximate surface area is 158 Å². The van der Waals surface area contributed by atoms with Crippen molar-refractivity contribution in [2.24, 2.45) is 5.10 Å². The Balaban J connectivity index is 2.00. The van der Waals surface area contributed by atoms with E-state index in [1.54, 1.807) is 37.1 Å². The SMILES string of the molecule is COc1ccc(C(=O)N/N=C(\C)CC(=O)N(C)c2ccccc2)c(OC)c1. The van der Waals surface area contributed by atoms with Gasteiger partial charge in [-0.05, 0) is 31.2 Å². The molecule has 0 bridgehead atoms. The van der Waals surface area contributed by atoms with Gasteiger partial charge in [0.05, 0.1) is 26.2 Å². The molecule has 7 heteroatoms. The summed E-state index contributed by atoms with van der Waals surface area (Å²) in [7, 11) is 4.70. The fraction of sp³-hybridized carbons (Fsp3) is 0.250. The highest BCUT2D eigenvalue weighted by Gasteiger charge is 2.14. The molecular weight excluding hydrogens is 346 g/mol. The number of anilines is 1. The molecular formula is C20H23N3O4. The number of hydrogen-bond donors (Lipinski definition) is 1. The van der Waals surface area contributed by atoms with Crippen LogP contribution in [0.1, 0.15) is 23.7 Å². The molecule has 0 aliphatic heterocycles. The summed E-state index contributed by atoms with van der Waals surface area (Å²) >= 11 is 0. The van der Waals surface area contributed by atoms with Gasteiger partial charge in [-0.3, -0.25) is 9.59 Å². The lowest BCUT2D eigenvalue weighted by molar-refractivity contribution is -0.117. The Bertz CT molecular complexity index is 834. The number of hydrogen-bond acceptors (Lipinski definition) is 5. The molecule has 0 saturated heterocycles. The highest BCUT2D eigenvalue weighted by atomic mass is 16.5. The van der Waals surface area contributed by atoms with Gasteiger partial charge >= 0.3 is 0 Å². The standard InChI is InChI=1S/C20H23N3O4/c1-14(12-19(24)23(2)15-8-6-5-7-9-15)21-22-20(25)17-11-10-16(26-3)13-18(17)27-4/h5-11,13H,12H2,1-4H3,(H,22,25)/b21-14+. The number of carbonyl (C=O) groups excluding carboxylic acids is 2. The molecule has 0 heterocycles. The number of methoxy groups -OCH3 is 2. The molecule has 0 unspecified atom stereocenters. The molecule has 0 fully saturated rings. The van der Waals surface area contributed by atoms with E-state index >= 15 is 0 Å². The minimum Gasteiger partial charge on any atom is -0.497 e. The molecule has 1 N–H and O–H groups in total. The number of amides is 2. The number of hydrazone groups is 1. The van der Waals surface area contributed by atoms with Crippen molar-refractivity contribution in [1.29, 1.82) is 0 Å². The molecule has 0 aromatic heterocycles. The van der Waals surface area contributed by atoms with Gasteiger partial charge in [-0.15, -0.1) is 0 Å². The van der Waals surface area contributed by atoms with E-state index in [0.29, 0.717) is 22.8 Å². The molecule has 2 aromatic rings. The summed E-state index contributed by atoms with van der Waals surface area (Å²) in [5, 5.41) is 4.02. The summed E-state index contributed by atoms with van der Waals surface area (Å²) in [5.74, 6) is 0.397. The molecule has 0 radical (unpaired) electrons. The Kier molecular flexibility index (Phi) is 6.93. The highest BCUT2D eigenvalue weighted by molar-refractivity contribution is 6.07. The zero-order valence-electron chi connectivity index (χ0n) is 15.9. The van der Waals surface area contributed by atoms with E-state index in [-0.39, 0.29) is 12.3 Å². The van der Waals surface area contributed by atoms with E-state index in [0.717, 1.165) is 5.69 Å². The summed E-state index contributed by atoms with van der Waals surface area (Å²) in [6, 6.07) is 14.2. The number of rotatable bonds is 7. The molecule has 2 amide bonds. The molecule has 2 rings (SSSR count). The normalized spacial score (nSPS) is 10.9. The smallest absolute Gasteiger partial charge is 0.275 e. The lowest BCUT2D eigenvalue weighted by Gasteiger charge is -2.17. The van der Waals surface area contributed by atoms with Gasteiger partial charge in [0, 0.05) is 24.5 Å². The van der Waals surface area contributed by atoms with Gasteiger partial charge in [0.2, 0.25) is 5.91 Å². The first-order chi connectivity index (χ1) is 13.0. The van der Waals surface area contributed by atoms with Crippen LogP contribution < -0.4 is 19.8 Å². The molecule has 0 saturated carbocycles. The van der Waals surface area contributed by atoms with E-state index in [2.05, 4.69) is 10.5 Å². The van der Waals surface area contributed by atoms with Crippen molar-refractivity contribution >= 4 is 23.2 Å². The van der Waals surface area contributed by atoms with Gasteiger partial charge in [0.1, 0.15) is 11.5 Å². The average molecular weight is 369 g/mol. The first-order valence-electron chi connectivity index (χ1n) is 8.33. The quantitative estimate of drug-likeness (QED) is 0.601. The lowest BCUT2D eigenvalue weighted by Crippen LogP contribution is -2.28. The minimum absolute atomic E-state index is 0.0887. The Hall–Kier alpha value is -3.35. The van der Waals surface area contributed by atoms with Crippen LogP contribution in [-0.2, 0) is 4.79 Å². The maximum absolute atomic E-state index is 12.3. The fourth-order valence-corrected chi connectivity index (χ4v) is 2.37. The van der Waals surface area contributed by atoms with E-state index in [9.17, 15) is 9.59 Å². The van der Waals surface area contributed by atoms with Gasteiger partial charge in [0.15, 0.2) is 0 Å². The summed E-state index contributed by atoms with van der Waals surface area (Å²) in [6.07, 6.45) is 0.0887. The molecule has 142 valence electrons. The zero-order valence-corrected chi connectivity index (χ0v) is 15.9. The van der Waals surface area contributed by atoms with Crippen LogP contribution >= 0.6 is 0 Å². The number of nitrogens with zero attached hydrogens (tertiary/aromatic N) is 2. The minimum atomic E-state index is -0.433. The first kappa shape index (κ1) is 20.0. The van der Waals surface area contributed by atoms with Crippen molar-refractivity contribution in [3.63, 3.8) is 0 Å². The van der Waals surface area contributed by atoms with Crippen LogP contribution in [0, 0.1) is 0 Å². The van der Waals surface area contributed by atoms with E-state index < -0.39 is 5.91 Å². The number of benzene rings is 2. The topological polar surface area (TPSA) is 80.2 Å².